The van der Waals surface area contributed by atoms with E-state index >= 15 is 0 Å². The first-order valence-electron chi connectivity index (χ1n) is 5.64. The van der Waals surface area contributed by atoms with Crippen LogP contribution in [0, 0.1) is 11.3 Å². The van der Waals surface area contributed by atoms with E-state index in [2.05, 4.69) is 21.2 Å². The fraction of sp³-hybridized carbons (Fsp3) is 0.0714. The molecule has 0 atom stereocenters. The Morgan fingerprint density at radius 3 is 2.43 bits per heavy atom. The van der Waals surface area contributed by atoms with E-state index in [4.69, 9.17) is 16.9 Å². The van der Waals surface area contributed by atoms with E-state index in [1.807, 2.05) is 6.07 Å². The molecule has 0 unspecified atom stereocenters. The monoisotopic (exact) mass is 374 g/mol. The standard InChI is InChI=1S/C14H7BrClF3N2/c15-11-4-2-9(14(17,18)19)5-13(11)21-12-6-10(16)3-1-8(12)7-20/h1-6,21H. The second kappa shape index (κ2) is 5.96. The van der Waals surface area contributed by atoms with Crippen LogP contribution < -0.4 is 5.32 Å². The highest BCUT2D eigenvalue weighted by Crippen LogP contribution is 2.35. The molecule has 0 bridgehead atoms. The maximum Gasteiger partial charge on any atom is 0.416 e. The van der Waals surface area contributed by atoms with Crippen molar-refractivity contribution < 1.29 is 13.2 Å². The summed E-state index contributed by atoms with van der Waals surface area (Å²) < 4.78 is 38.6. The zero-order chi connectivity index (χ0) is 15.6. The van der Waals surface area contributed by atoms with Crippen LogP contribution in [0.4, 0.5) is 24.5 Å². The van der Waals surface area contributed by atoms with Crippen LogP contribution in [0.3, 0.4) is 0 Å². The van der Waals surface area contributed by atoms with Crippen molar-refractivity contribution >= 4 is 38.9 Å². The molecule has 0 aliphatic carbocycles. The molecule has 2 aromatic rings. The molecule has 0 aromatic heterocycles. The number of halogens is 5. The molecular weight excluding hydrogens is 369 g/mol. The first kappa shape index (κ1) is 15.7. The van der Waals surface area contributed by atoms with E-state index in [1.54, 1.807) is 0 Å². The highest BCUT2D eigenvalue weighted by atomic mass is 79.9. The van der Waals surface area contributed by atoms with Gasteiger partial charge < -0.3 is 5.32 Å². The van der Waals surface area contributed by atoms with Gasteiger partial charge in [-0.3, -0.25) is 0 Å². The minimum atomic E-state index is -4.44. The predicted octanol–water partition coefficient (Wildman–Crippen LogP) is 5.74. The molecule has 0 aliphatic heterocycles. The molecule has 2 nitrogen and oxygen atoms in total. The van der Waals surface area contributed by atoms with Gasteiger partial charge in [0.1, 0.15) is 6.07 Å². The lowest BCUT2D eigenvalue weighted by atomic mass is 10.1. The van der Waals surface area contributed by atoms with Crippen LogP contribution in [-0.2, 0) is 6.18 Å². The number of nitrogens with zero attached hydrogens (tertiary/aromatic N) is 1. The topological polar surface area (TPSA) is 35.8 Å². The number of benzene rings is 2. The molecule has 0 saturated carbocycles. The zero-order valence-electron chi connectivity index (χ0n) is 10.3. The third-order valence-corrected chi connectivity index (χ3v) is 3.59. The van der Waals surface area contributed by atoms with Gasteiger partial charge in [-0.15, -0.1) is 0 Å². The quantitative estimate of drug-likeness (QED) is 0.727. The van der Waals surface area contributed by atoms with Gasteiger partial charge in [-0.25, -0.2) is 0 Å². The molecule has 0 saturated heterocycles. The molecule has 0 spiro atoms. The fourth-order valence-electron chi connectivity index (χ4n) is 1.66. The van der Waals surface area contributed by atoms with Crippen LogP contribution in [0.1, 0.15) is 11.1 Å². The Labute approximate surface area is 132 Å². The third-order valence-electron chi connectivity index (χ3n) is 2.67. The second-order valence-corrected chi connectivity index (χ2v) is 5.41. The molecule has 7 heteroatoms. The summed E-state index contributed by atoms with van der Waals surface area (Å²) in [5.41, 5.74) is 0.0334. The minimum Gasteiger partial charge on any atom is -0.353 e. The summed E-state index contributed by atoms with van der Waals surface area (Å²) in [4.78, 5) is 0. The molecule has 1 N–H and O–H groups in total. The van der Waals surface area contributed by atoms with E-state index in [1.165, 1.54) is 24.3 Å². The number of alkyl halides is 3. The van der Waals surface area contributed by atoms with Crippen molar-refractivity contribution in [3.05, 3.63) is 57.0 Å². The molecular formula is C14H7BrClF3N2. The molecule has 2 rings (SSSR count). The number of nitriles is 1. The largest absolute Gasteiger partial charge is 0.416 e. The smallest absolute Gasteiger partial charge is 0.353 e. The van der Waals surface area contributed by atoms with Gasteiger partial charge >= 0.3 is 6.18 Å². The van der Waals surface area contributed by atoms with E-state index in [0.717, 1.165) is 12.1 Å². The van der Waals surface area contributed by atoms with Crippen LogP contribution >= 0.6 is 27.5 Å². The average molecular weight is 376 g/mol. The molecule has 0 heterocycles. The van der Waals surface area contributed by atoms with Gasteiger partial charge in [-0.05, 0) is 52.3 Å². The maximum atomic E-state index is 12.7. The first-order valence-corrected chi connectivity index (χ1v) is 6.82. The van der Waals surface area contributed by atoms with Crippen LogP contribution in [0.5, 0.6) is 0 Å². The Morgan fingerprint density at radius 2 is 1.81 bits per heavy atom. The van der Waals surface area contributed by atoms with Gasteiger partial charge in [0.2, 0.25) is 0 Å². The van der Waals surface area contributed by atoms with E-state index in [9.17, 15) is 13.2 Å². The third kappa shape index (κ3) is 3.69. The van der Waals surface area contributed by atoms with E-state index in [-0.39, 0.29) is 11.3 Å². The Kier molecular flexibility index (Phi) is 4.45. The molecule has 0 radical (unpaired) electrons. The summed E-state index contributed by atoms with van der Waals surface area (Å²) in [6.45, 7) is 0. The van der Waals surface area contributed by atoms with Gasteiger partial charge in [0.05, 0.1) is 22.5 Å². The lowest BCUT2D eigenvalue weighted by Gasteiger charge is -2.13. The summed E-state index contributed by atoms with van der Waals surface area (Å²) in [7, 11) is 0. The summed E-state index contributed by atoms with van der Waals surface area (Å²) in [5, 5.41) is 12.2. The molecule has 21 heavy (non-hydrogen) atoms. The van der Waals surface area contributed by atoms with Crippen LogP contribution in [0.15, 0.2) is 40.9 Å². The lowest BCUT2D eigenvalue weighted by molar-refractivity contribution is -0.137. The number of hydrogen-bond donors (Lipinski definition) is 1. The van der Waals surface area contributed by atoms with Crippen molar-refractivity contribution in [2.45, 2.75) is 6.18 Å². The van der Waals surface area contributed by atoms with Crippen LogP contribution in [0.25, 0.3) is 0 Å². The van der Waals surface area contributed by atoms with Crippen LogP contribution in [0.2, 0.25) is 5.02 Å². The van der Waals surface area contributed by atoms with E-state index in [0.29, 0.717) is 15.2 Å². The van der Waals surface area contributed by atoms with Crippen molar-refractivity contribution in [1.82, 2.24) is 0 Å². The van der Waals surface area contributed by atoms with Gasteiger partial charge in [0.25, 0.3) is 0 Å². The van der Waals surface area contributed by atoms with Crippen molar-refractivity contribution in [2.24, 2.45) is 0 Å². The molecule has 2 aromatic carbocycles. The first-order chi connectivity index (χ1) is 9.81. The van der Waals surface area contributed by atoms with Gasteiger partial charge in [0, 0.05) is 9.50 Å². The molecule has 108 valence electrons. The summed E-state index contributed by atoms with van der Waals surface area (Å²) in [5.74, 6) is 0. The highest BCUT2D eigenvalue weighted by molar-refractivity contribution is 9.10. The molecule has 0 fully saturated rings. The van der Waals surface area contributed by atoms with Crippen molar-refractivity contribution in [3.63, 3.8) is 0 Å². The zero-order valence-corrected chi connectivity index (χ0v) is 12.6. The minimum absolute atomic E-state index is 0.198. The van der Waals surface area contributed by atoms with Gasteiger partial charge in [0.15, 0.2) is 0 Å². The number of hydrogen-bond acceptors (Lipinski definition) is 2. The Balaban J connectivity index is 2.45. The summed E-state index contributed by atoms with van der Waals surface area (Å²) >= 11 is 9.02. The number of anilines is 2. The normalized spacial score (nSPS) is 11.0. The maximum absolute atomic E-state index is 12.7. The Bertz CT molecular complexity index is 723. The highest BCUT2D eigenvalue weighted by Gasteiger charge is 2.31. The average Bonchev–Trinajstić information content (AvgIpc) is 2.40. The second-order valence-electron chi connectivity index (χ2n) is 4.12. The fourth-order valence-corrected chi connectivity index (χ4v) is 2.18. The summed E-state index contributed by atoms with van der Waals surface area (Å²) in [6, 6.07) is 9.68. The van der Waals surface area contributed by atoms with Crippen LogP contribution in [-0.4, -0.2) is 0 Å². The van der Waals surface area contributed by atoms with Gasteiger partial charge in [-0.2, -0.15) is 18.4 Å². The van der Waals surface area contributed by atoms with Crippen molar-refractivity contribution in [3.8, 4) is 6.07 Å². The predicted molar refractivity (Wildman–Crippen MR) is 78.6 cm³/mol. The van der Waals surface area contributed by atoms with Gasteiger partial charge in [-0.1, -0.05) is 11.6 Å². The van der Waals surface area contributed by atoms with E-state index < -0.39 is 11.7 Å². The SMILES string of the molecule is N#Cc1ccc(Cl)cc1Nc1cc(C(F)(F)F)ccc1Br. The molecule has 0 aliphatic rings. The van der Waals surface area contributed by atoms with Crippen molar-refractivity contribution in [1.29, 1.82) is 5.26 Å². The number of nitrogens with one attached hydrogen (secondary N) is 1. The summed E-state index contributed by atoms with van der Waals surface area (Å²) in [6.07, 6.45) is -4.44. The Morgan fingerprint density at radius 1 is 1.10 bits per heavy atom. The molecule has 0 amide bonds. The van der Waals surface area contributed by atoms with Crippen molar-refractivity contribution in [2.75, 3.05) is 5.32 Å². The lowest BCUT2D eigenvalue weighted by Crippen LogP contribution is -2.05. The Hall–Kier alpha value is -1.71. The number of rotatable bonds is 2.